The largest absolute Gasteiger partial charge is 0.389 e. The molecule has 4 atom stereocenters. The molecule has 1 aliphatic carbocycles. The van der Waals surface area contributed by atoms with Crippen LogP contribution in [0.4, 0.5) is 0 Å². The number of aliphatic hydroxyl groups is 5. The molecule has 0 spiro atoms. The van der Waals surface area contributed by atoms with Crippen LogP contribution in [0.25, 0.3) is 0 Å². The zero-order valence-electron chi connectivity index (χ0n) is 18.1. The third kappa shape index (κ3) is 7.55. The van der Waals surface area contributed by atoms with E-state index in [1.807, 2.05) is 10.9 Å². The van der Waals surface area contributed by atoms with Crippen LogP contribution < -0.4 is 5.32 Å². The second-order valence-corrected chi connectivity index (χ2v) is 8.48. The van der Waals surface area contributed by atoms with E-state index in [1.165, 1.54) is 44.9 Å². The Balaban J connectivity index is 1.59. The van der Waals surface area contributed by atoms with Gasteiger partial charge in [0.25, 0.3) is 0 Å². The van der Waals surface area contributed by atoms with Crippen LogP contribution >= 0.6 is 0 Å². The fraction of sp³-hybridized carbons (Fsp3) is 0.905. The molecule has 30 heavy (non-hydrogen) atoms. The Morgan fingerprint density at radius 2 is 1.37 bits per heavy atom. The van der Waals surface area contributed by atoms with E-state index in [0.29, 0.717) is 19.4 Å². The van der Waals surface area contributed by atoms with E-state index >= 15 is 0 Å². The van der Waals surface area contributed by atoms with Gasteiger partial charge in [-0.15, -0.1) is 5.10 Å². The molecule has 174 valence electrons. The van der Waals surface area contributed by atoms with E-state index in [1.54, 1.807) is 0 Å². The first-order chi connectivity index (χ1) is 14.5. The highest BCUT2D eigenvalue weighted by molar-refractivity contribution is 5.02. The molecule has 4 unspecified atom stereocenters. The molecule has 1 aromatic heterocycles. The number of aliphatic hydroxyl groups excluding tert-OH is 5. The third-order valence-corrected chi connectivity index (χ3v) is 5.95. The van der Waals surface area contributed by atoms with Gasteiger partial charge in [0.15, 0.2) is 0 Å². The molecular weight excluding hydrogens is 388 g/mol. The Morgan fingerprint density at radius 1 is 0.800 bits per heavy atom. The van der Waals surface area contributed by atoms with Gasteiger partial charge in [-0.05, 0) is 25.8 Å². The van der Waals surface area contributed by atoms with Crippen molar-refractivity contribution in [1.82, 2.24) is 20.3 Å². The van der Waals surface area contributed by atoms with Crippen LogP contribution in [-0.2, 0) is 13.0 Å². The van der Waals surface area contributed by atoms with Crippen molar-refractivity contribution in [3.8, 4) is 0 Å². The summed E-state index contributed by atoms with van der Waals surface area (Å²) < 4.78 is 1.88. The van der Waals surface area contributed by atoms with Crippen molar-refractivity contribution in [1.29, 1.82) is 0 Å². The minimum atomic E-state index is -1.57. The summed E-state index contributed by atoms with van der Waals surface area (Å²) in [6.07, 6.45) is 6.27. The molecule has 1 fully saturated rings. The van der Waals surface area contributed by atoms with Crippen LogP contribution in [0, 0.1) is 0 Å². The summed E-state index contributed by atoms with van der Waals surface area (Å²) in [6, 6.07) is -0.906. The van der Waals surface area contributed by atoms with Crippen molar-refractivity contribution in [3.63, 3.8) is 0 Å². The number of hydrogen-bond donors (Lipinski definition) is 6. The zero-order chi connectivity index (χ0) is 21.9. The number of unbranched alkanes of at least 4 members (excludes halogenated alkanes) is 7. The maximum absolute atomic E-state index is 10.0. The van der Waals surface area contributed by atoms with Gasteiger partial charge in [0.05, 0.1) is 11.7 Å². The summed E-state index contributed by atoms with van der Waals surface area (Å²) in [7, 11) is 0. The molecule has 0 radical (unpaired) electrons. The quantitative estimate of drug-likeness (QED) is 0.229. The van der Waals surface area contributed by atoms with Gasteiger partial charge in [0.2, 0.25) is 0 Å². The highest BCUT2D eigenvalue weighted by Crippen LogP contribution is 2.21. The Kier molecular flexibility index (Phi) is 11.2. The van der Waals surface area contributed by atoms with E-state index in [4.69, 9.17) is 0 Å². The van der Waals surface area contributed by atoms with Gasteiger partial charge in [0.1, 0.15) is 30.5 Å². The molecule has 0 aliphatic heterocycles. The number of hydrogen-bond acceptors (Lipinski definition) is 8. The van der Waals surface area contributed by atoms with Gasteiger partial charge in [-0.25, -0.2) is 0 Å². The smallest absolute Gasteiger partial charge is 0.111 e. The van der Waals surface area contributed by atoms with Crippen LogP contribution in [0.3, 0.4) is 0 Å². The Bertz CT molecular complexity index is 571. The minimum Gasteiger partial charge on any atom is -0.389 e. The number of aryl methyl sites for hydroxylation is 2. The van der Waals surface area contributed by atoms with Crippen molar-refractivity contribution < 1.29 is 25.5 Å². The Hall–Kier alpha value is -1.10. The van der Waals surface area contributed by atoms with Crippen LogP contribution in [0.2, 0.25) is 0 Å². The minimum absolute atomic E-state index is 0.458. The number of nitrogens with one attached hydrogen (secondary N) is 1. The maximum Gasteiger partial charge on any atom is 0.111 e. The van der Waals surface area contributed by atoms with E-state index in [0.717, 1.165) is 18.7 Å². The first kappa shape index (κ1) is 25.2. The Morgan fingerprint density at radius 3 is 2.00 bits per heavy atom. The summed E-state index contributed by atoms with van der Waals surface area (Å²) in [5, 5.41) is 60.5. The molecule has 0 amide bonds. The first-order valence-corrected chi connectivity index (χ1v) is 11.5. The van der Waals surface area contributed by atoms with E-state index < -0.39 is 36.6 Å². The summed E-state index contributed by atoms with van der Waals surface area (Å²) in [4.78, 5) is 0. The summed E-state index contributed by atoms with van der Waals surface area (Å²) in [5.41, 5.74) is 0.886. The molecule has 6 N–H and O–H groups in total. The van der Waals surface area contributed by atoms with E-state index in [-0.39, 0.29) is 0 Å². The lowest BCUT2D eigenvalue weighted by Gasteiger charge is -2.42. The number of nitrogens with zero attached hydrogens (tertiary/aromatic N) is 3. The molecule has 1 heterocycles. The van der Waals surface area contributed by atoms with E-state index in [2.05, 4.69) is 22.6 Å². The van der Waals surface area contributed by atoms with Crippen LogP contribution in [0.5, 0.6) is 0 Å². The van der Waals surface area contributed by atoms with Gasteiger partial charge < -0.3 is 30.8 Å². The monoisotopic (exact) mass is 428 g/mol. The zero-order valence-corrected chi connectivity index (χ0v) is 18.1. The molecule has 1 aliphatic rings. The molecule has 0 bridgehead atoms. The topological polar surface area (TPSA) is 144 Å². The first-order valence-electron chi connectivity index (χ1n) is 11.5. The average Bonchev–Trinajstić information content (AvgIpc) is 3.20. The van der Waals surface area contributed by atoms with Gasteiger partial charge in [0, 0.05) is 12.7 Å². The molecule has 1 aromatic rings. The second kappa shape index (κ2) is 13.3. The van der Waals surface area contributed by atoms with Crippen LogP contribution in [0.1, 0.15) is 70.4 Å². The van der Waals surface area contributed by atoms with Crippen molar-refractivity contribution in [3.05, 3.63) is 11.9 Å². The fourth-order valence-electron chi connectivity index (χ4n) is 3.98. The number of aromatic nitrogens is 3. The van der Waals surface area contributed by atoms with Gasteiger partial charge in [-0.3, -0.25) is 4.68 Å². The Labute approximate surface area is 179 Å². The SMILES string of the molecule is CCCCCCCCCCn1cc(CCCNC2C(O)C(O)C(O)C(O)C2O)nn1. The normalized spacial score (nSPS) is 29.4. The highest BCUT2D eigenvalue weighted by atomic mass is 16.4. The summed E-state index contributed by atoms with van der Waals surface area (Å²) in [6.45, 7) is 3.56. The van der Waals surface area contributed by atoms with Crippen molar-refractivity contribution in [2.75, 3.05) is 6.54 Å². The van der Waals surface area contributed by atoms with Crippen molar-refractivity contribution in [2.45, 2.75) is 114 Å². The molecule has 2 rings (SSSR count). The van der Waals surface area contributed by atoms with Gasteiger partial charge >= 0.3 is 0 Å². The summed E-state index contributed by atoms with van der Waals surface area (Å²) >= 11 is 0. The molecular formula is C21H40N4O5. The van der Waals surface area contributed by atoms with Crippen LogP contribution in [0.15, 0.2) is 6.20 Å². The molecule has 9 nitrogen and oxygen atoms in total. The molecule has 1 saturated carbocycles. The number of rotatable bonds is 14. The van der Waals surface area contributed by atoms with Crippen molar-refractivity contribution in [2.24, 2.45) is 0 Å². The van der Waals surface area contributed by atoms with Gasteiger partial charge in [-0.2, -0.15) is 0 Å². The van der Waals surface area contributed by atoms with Gasteiger partial charge in [-0.1, -0.05) is 57.1 Å². The predicted molar refractivity (Wildman–Crippen MR) is 113 cm³/mol. The second-order valence-electron chi connectivity index (χ2n) is 8.48. The molecule has 0 saturated heterocycles. The van der Waals surface area contributed by atoms with Crippen molar-refractivity contribution >= 4 is 0 Å². The third-order valence-electron chi connectivity index (χ3n) is 5.95. The molecule has 9 heteroatoms. The van der Waals surface area contributed by atoms with Crippen LogP contribution in [-0.4, -0.2) is 83.6 Å². The predicted octanol–water partition coefficient (Wildman–Crippen LogP) is 0.128. The standard InChI is InChI=1S/C21H40N4O5/c1-2-3-4-5-6-7-8-9-13-25-14-15(23-24-25)11-10-12-22-16-17(26)19(28)21(30)20(29)18(16)27/h14,16-22,26-30H,2-13H2,1H3. The lowest BCUT2D eigenvalue weighted by Crippen LogP contribution is -2.67. The highest BCUT2D eigenvalue weighted by Gasteiger charge is 2.47. The lowest BCUT2D eigenvalue weighted by atomic mass is 9.83. The summed E-state index contributed by atoms with van der Waals surface area (Å²) in [5.74, 6) is 0. The average molecular weight is 429 g/mol. The molecule has 0 aromatic carbocycles. The fourth-order valence-corrected chi connectivity index (χ4v) is 3.98. The maximum atomic E-state index is 10.0. The van der Waals surface area contributed by atoms with E-state index in [9.17, 15) is 25.5 Å². The lowest BCUT2D eigenvalue weighted by molar-refractivity contribution is -0.190.